The zero-order valence-corrected chi connectivity index (χ0v) is 30.5. The fourth-order valence-electron chi connectivity index (χ4n) is 6.03. The molecule has 4 aromatic rings. The van der Waals surface area contributed by atoms with Gasteiger partial charge in [-0.05, 0) is 118 Å². The number of carbonyl (C=O) groups is 3. The van der Waals surface area contributed by atoms with Crippen LogP contribution in [0.5, 0.6) is 0 Å². The summed E-state index contributed by atoms with van der Waals surface area (Å²) in [5, 5.41) is 7.75. The van der Waals surface area contributed by atoms with Gasteiger partial charge in [-0.3, -0.25) is 9.59 Å². The molecule has 0 unspecified atom stereocenters. The Kier molecular flexibility index (Phi) is 15.9. The highest BCUT2D eigenvalue weighted by Gasteiger charge is 2.32. The number of nitrogens with two attached hydrogens (primary N) is 1. The van der Waals surface area contributed by atoms with E-state index in [-0.39, 0.29) is 60.3 Å². The predicted molar refractivity (Wildman–Crippen MR) is 208 cm³/mol. The van der Waals surface area contributed by atoms with Crippen LogP contribution in [0.1, 0.15) is 104 Å². The molecular weight excluding hydrogens is 771 g/mol. The molecule has 0 saturated heterocycles. The number of carbonyl (C=O) groups excluding carboxylic acids is 3. The van der Waals surface area contributed by atoms with Crippen LogP contribution in [0.3, 0.4) is 0 Å². The molecule has 0 aliphatic heterocycles. The second kappa shape index (κ2) is 18.8. The van der Waals surface area contributed by atoms with Crippen LogP contribution >= 0.6 is 35.6 Å². The molecular formula is C39H43Cl3F4N4O4. The Bertz CT molecular complexity index is 2030. The first-order valence-corrected chi connectivity index (χ1v) is 16.7. The van der Waals surface area contributed by atoms with Crippen LogP contribution in [0.15, 0.2) is 60.7 Å². The van der Waals surface area contributed by atoms with E-state index in [0.29, 0.717) is 59.3 Å². The third-order valence-corrected chi connectivity index (χ3v) is 8.83. The van der Waals surface area contributed by atoms with E-state index in [0.717, 1.165) is 6.07 Å². The predicted octanol–water partition coefficient (Wildman–Crippen LogP) is 10.9. The van der Waals surface area contributed by atoms with E-state index in [9.17, 15) is 31.9 Å². The molecule has 8 nitrogen and oxygen atoms in total. The number of halogens is 7. The summed E-state index contributed by atoms with van der Waals surface area (Å²) in [7, 11) is 0. The molecule has 2 atom stereocenters. The van der Waals surface area contributed by atoms with Crippen molar-refractivity contribution >= 4 is 64.9 Å². The molecule has 15 heteroatoms. The molecule has 0 radical (unpaired) electrons. The molecule has 0 saturated carbocycles. The summed E-state index contributed by atoms with van der Waals surface area (Å²) in [6.07, 6.45) is 1.38. The second-order valence-corrected chi connectivity index (χ2v) is 13.8. The van der Waals surface area contributed by atoms with E-state index in [1.54, 1.807) is 20.8 Å². The van der Waals surface area contributed by atoms with Gasteiger partial charge in [-0.2, -0.15) is 0 Å². The van der Waals surface area contributed by atoms with E-state index < -0.39 is 47.0 Å². The zero-order valence-electron chi connectivity index (χ0n) is 28.1. The number of hydrogen-bond acceptors (Lipinski definition) is 5. The van der Waals surface area contributed by atoms with Crippen LogP contribution in [-0.4, -0.2) is 23.5 Å². The van der Waals surface area contributed by atoms with Gasteiger partial charge in [0.1, 0.15) is 28.9 Å². The van der Waals surface area contributed by atoms with E-state index in [1.165, 1.54) is 54.6 Å². The molecule has 0 bridgehead atoms. The van der Waals surface area contributed by atoms with Gasteiger partial charge in [0.2, 0.25) is 0 Å². The van der Waals surface area contributed by atoms with Crippen molar-refractivity contribution in [3.63, 3.8) is 0 Å². The highest BCUT2D eigenvalue weighted by Crippen LogP contribution is 2.37. The Morgan fingerprint density at radius 1 is 0.704 bits per heavy atom. The lowest BCUT2D eigenvalue weighted by atomic mass is 10.0. The zero-order chi connectivity index (χ0) is 37.2. The number of amides is 3. The molecule has 0 spiro atoms. The molecule has 5 N–H and O–H groups in total. The Morgan fingerprint density at radius 3 is 1.59 bits per heavy atom. The first kappa shape index (κ1) is 45.8. The molecule has 3 amide bonds. The van der Waals surface area contributed by atoms with Crippen LogP contribution in [-0.2, 0) is 17.6 Å². The molecule has 0 heterocycles. The van der Waals surface area contributed by atoms with Gasteiger partial charge in [0.15, 0.2) is 0 Å². The number of hydrogen-bond donors (Lipinski definition) is 4. The molecule has 54 heavy (non-hydrogen) atoms. The van der Waals surface area contributed by atoms with Gasteiger partial charge in [0, 0.05) is 39.7 Å². The number of fused-ring (bicyclic) bond motifs is 2. The maximum absolute atomic E-state index is 14.5. The van der Waals surface area contributed by atoms with Crippen molar-refractivity contribution in [3.8, 4) is 0 Å². The van der Waals surface area contributed by atoms with Crippen LogP contribution in [0.25, 0.3) is 0 Å². The Morgan fingerprint density at radius 2 is 1.13 bits per heavy atom. The van der Waals surface area contributed by atoms with Crippen molar-refractivity contribution in [2.45, 2.75) is 79.0 Å². The largest absolute Gasteiger partial charge is 0.444 e. The highest BCUT2D eigenvalue weighted by atomic mass is 35.5. The van der Waals surface area contributed by atoms with Gasteiger partial charge < -0.3 is 26.4 Å². The maximum Gasteiger partial charge on any atom is 0.408 e. The fourth-order valence-corrected chi connectivity index (χ4v) is 6.39. The topological polar surface area (TPSA) is 123 Å². The van der Waals surface area contributed by atoms with E-state index in [2.05, 4.69) is 16.0 Å². The van der Waals surface area contributed by atoms with E-state index >= 15 is 0 Å². The summed E-state index contributed by atoms with van der Waals surface area (Å²) in [6, 6.07) is 12.0. The lowest BCUT2D eigenvalue weighted by Crippen LogP contribution is -2.34. The summed E-state index contributed by atoms with van der Waals surface area (Å²) in [4.78, 5) is 37.2. The first-order chi connectivity index (χ1) is 24.0. The van der Waals surface area contributed by atoms with Gasteiger partial charge in [0.25, 0.3) is 11.8 Å². The number of nitrogens with one attached hydrogen (secondary N) is 3. The number of anilines is 2. The molecule has 6 rings (SSSR count). The molecule has 2 aliphatic carbocycles. The molecule has 4 aromatic carbocycles. The minimum Gasteiger partial charge on any atom is -0.444 e. The quantitative estimate of drug-likeness (QED) is 0.149. The molecule has 2 aliphatic rings. The van der Waals surface area contributed by atoms with Gasteiger partial charge >= 0.3 is 6.09 Å². The Balaban J connectivity index is 0.000000365. The number of ether oxygens (including phenoxy) is 1. The third-order valence-electron chi connectivity index (χ3n) is 8.25. The van der Waals surface area contributed by atoms with E-state index in [4.69, 9.17) is 33.7 Å². The van der Waals surface area contributed by atoms with Crippen LogP contribution in [0.4, 0.5) is 33.7 Å². The molecule has 0 aromatic heterocycles. The van der Waals surface area contributed by atoms with Crippen LogP contribution < -0.4 is 21.7 Å². The standard InChI is InChI=1S/C21H21ClF2N2O3.C16H13ClF2N2O.2CH4.ClH/c1-21(2,3)29-20(28)26-17-9-6-12-13(5-8-16(24)18(12)17)19(27)25-11-4-7-15(23)14(22)10-11;17-11-7-8(1-4-12(11)18)21-16(22)10-2-5-13(19)15-9(10)3-6-14(15)20;;;/h4-5,7-8,10,17H,6,9H2,1-3H3,(H,25,27)(H,26,28);1-2,4-5,7,14H,3,6,20H2,(H,21,22);2*1H4;1H/t17-;14-;;;/m00.../s1. The minimum absolute atomic E-state index is 0. The average molecular weight is 814 g/mol. The lowest BCUT2D eigenvalue weighted by molar-refractivity contribution is 0.0502. The first-order valence-electron chi connectivity index (χ1n) is 15.9. The van der Waals surface area contributed by atoms with Crippen molar-refractivity contribution in [2.75, 3.05) is 10.6 Å². The smallest absolute Gasteiger partial charge is 0.408 e. The van der Waals surface area contributed by atoms with Crippen molar-refractivity contribution < 1.29 is 36.7 Å². The SMILES string of the molecule is C.C.CC(C)(C)OC(=O)N[C@H]1CCc2c(C(=O)Nc3ccc(F)c(Cl)c3)ccc(F)c21.Cl.N[C@H]1CCc2c(C(=O)Nc3ccc(F)c(Cl)c3)ccc(F)c21. The molecule has 292 valence electrons. The Hall–Kier alpha value is -4.36. The van der Waals surface area contributed by atoms with Crippen molar-refractivity contribution in [3.05, 3.63) is 127 Å². The van der Waals surface area contributed by atoms with Crippen molar-refractivity contribution in [1.29, 1.82) is 0 Å². The van der Waals surface area contributed by atoms with Crippen LogP contribution in [0.2, 0.25) is 10.0 Å². The van der Waals surface area contributed by atoms with Gasteiger partial charge in [-0.25, -0.2) is 22.4 Å². The second-order valence-electron chi connectivity index (χ2n) is 13.0. The van der Waals surface area contributed by atoms with Crippen molar-refractivity contribution in [1.82, 2.24) is 5.32 Å². The van der Waals surface area contributed by atoms with Gasteiger partial charge in [-0.15, -0.1) is 12.4 Å². The van der Waals surface area contributed by atoms with E-state index in [1.807, 2.05) is 0 Å². The van der Waals surface area contributed by atoms with Crippen molar-refractivity contribution in [2.24, 2.45) is 5.73 Å². The summed E-state index contributed by atoms with van der Waals surface area (Å²) < 4.78 is 60.0. The highest BCUT2D eigenvalue weighted by molar-refractivity contribution is 6.31. The number of rotatable bonds is 5. The third kappa shape index (κ3) is 10.7. The summed E-state index contributed by atoms with van der Waals surface area (Å²) in [5.74, 6) is -2.91. The van der Waals surface area contributed by atoms with Crippen LogP contribution in [0, 0.1) is 23.3 Å². The van der Waals surface area contributed by atoms with Gasteiger partial charge in [-0.1, -0.05) is 38.1 Å². The average Bonchev–Trinajstić information content (AvgIpc) is 3.65. The van der Waals surface area contributed by atoms with Gasteiger partial charge in [0.05, 0.1) is 16.1 Å². The molecule has 0 fully saturated rings. The monoisotopic (exact) mass is 812 g/mol. The lowest BCUT2D eigenvalue weighted by Gasteiger charge is -2.22. The maximum atomic E-state index is 14.5. The minimum atomic E-state index is -0.678. The number of alkyl carbamates (subject to hydrolysis) is 1. The Labute approximate surface area is 328 Å². The normalized spacial score (nSPS) is 15.1. The summed E-state index contributed by atoms with van der Waals surface area (Å²) in [5.41, 5.74) is 8.40. The fraction of sp³-hybridized carbons (Fsp3) is 0.308. The number of benzene rings is 4. The summed E-state index contributed by atoms with van der Waals surface area (Å²) >= 11 is 11.4. The summed E-state index contributed by atoms with van der Waals surface area (Å²) in [6.45, 7) is 5.21.